The van der Waals surface area contributed by atoms with Crippen LogP contribution < -0.4 is 5.56 Å². The Bertz CT molecular complexity index is 1060. The summed E-state index contributed by atoms with van der Waals surface area (Å²) < 4.78 is 27.9. The van der Waals surface area contributed by atoms with Crippen LogP contribution in [-0.2, 0) is 23.0 Å². The van der Waals surface area contributed by atoms with E-state index in [0.717, 1.165) is 10.2 Å². The molecule has 0 bridgehead atoms. The fraction of sp³-hybridized carbons (Fsp3) is 0.214. The lowest BCUT2D eigenvalue weighted by Gasteiger charge is -2.27. The summed E-state index contributed by atoms with van der Waals surface area (Å²) in [6, 6.07) is 4.93. The lowest BCUT2D eigenvalue weighted by molar-refractivity contribution is 0.388. The molecule has 7 nitrogen and oxygen atoms in total. The highest BCUT2D eigenvalue weighted by molar-refractivity contribution is 7.89. The van der Waals surface area contributed by atoms with Gasteiger partial charge in [0.1, 0.15) is 0 Å². The number of nitrogens with one attached hydrogen (secondary N) is 1. The van der Waals surface area contributed by atoms with Gasteiger partial charge in [0.2, 0.25) is 10.0 Å². The molecule has 3 heterocycles. The molecule has 23 heavy (non-hydrogen) atoms. The molecule has 1 aromatic carbocycles. The molecule has 118 valence electrons. The van der Waals surface area contributed by atoms with E-state index in [0.29, 0.717) is 17.5 Å². The first-order valence-electron chi connectivity index (χ1n) is 6.94. The average molecular weight is 348 g/mol. The van der Waals surface area contributed by atoms with Gasteiger partial charge in [-0.25, -0.2) is 18.5 Å². The fourth-order valence-corrected chi connectivity index (χ4v) is 4.96. The number of fused-ring (bicyclic) bond motifs is 2. The fourth-order valence-electron chi connectivity index (χ4n) is 2.73. The van der Waals surface area contributed by atoms with E-state index in [2.05, 4.69) is 15.2 Å². The van der Waals surface area contributed by atoms with E-state index in [1.54, 1.807) is 23.7 Å². The highest BCUT2D eigenvalue weighted by Crippen LogP contribution is 2.26. The molecule has 0 aliphatic carbocycles. The van der Waals surface area contributed by atoms with Gasteiger partial charge < -0.3 is 0 Å². The second-order valence-corrected chi connectivity index (χ2v) is 8.10. The zero-order valence-corrected chi connectivity index (χ0v) is 13.5. The first-order valence-corrected chi connectivity index (χ1v) is 9.26. The van der Waals surface area contributed by atoms with E-state index in [-0.39, 0.29) is 23.5 Å². The zero-order chi connectivity index (χ0) is 16.0. The molecule has 0 fully saturated rings. The Hall–Kier alpha value is -2.10. The summed E-state index contributed by atoms with van der Waals surface area (Å²) >= 11 is 1.41. The Labute approximate surface area is 135 Å². The summed E-state index contributed by atoms with van der Waals surface area (Å²) in [6.07, 6.45) is 1.90. The maximum Gasteiger partial charge on any atom is 0.267 e. The largest absolute Gasteiger partial charge is 0.268 e. The second kappa shape index (κ2) is 5.22. The highest BCUT2D eigenvalue weighted by atomic mass is 32.2. The van der Waals surface area contributed by atoms with Crippen LogP contribution in [0, 0.1) is 0 Å². The number of hydrogen-bond donors (Lipinski definition) is 1. The molecule has 2 aromatic heterocycles. The van der Waals surface area contributed by atoms with Crippen molar-refractivity contribution in [2.75, 3.05) is 6.54 Å². The van der Waals surface area contributed by atoms with Crippen molar-refractivity contribution in [2.45, 2.75) is 17.9 Å². The van der Waals surface area contributed by atoms with Crippen molar-refractivity contribution >= 4 is 31.6 Å². The Balaban J connectivity index is 1.73. The van der Waals surface area contributed by atoms with Gasteiger partial charge in [0, 0.05) is 18.7 Å². The maximum atomic E-state index is 12.9. The van der Waals surface area contributed by atoms with Gasteiger partial charge in [-0.2, -0.15) is 9.40 Å². The highest BCUT2D eigenvalue weighted by Gasteiger charge is 2.29. The summed E-state index contributed by atoms with van der Waals surface area (Å²) in [6.45, 7) is 0.443. The van der Waals surface area contributed by atoms with Crippen molar-refractivity contribution in [1.29, 1.82) is 0 Å². The van der Waals surface area contributed by atoms with Crippen LogP contribution in [0.1, 0.15) is 11.1 Å². The number of thiazole rings is 1. The predicted octanol–water partition coefficient (Wildman–Crippen LogP) is 1.13. The van der Waals surface area contributed by atoms with Gasteiger partial charge >= 0.3 is 0 Å². The minimum atomic E-state index is -3.61. The van der Waals surface area contributed by atoms with E-state index in [1.165, 1.54) is 21.8 Å². The zero-order valence-electron chi connectivity index (χ0n) is 11.9. The second-order valence-electron chi connectivity index (χ2n) is 5.27. The number of hydrogen-bond acceptors (Lipinski definition) is 6. The van der Waals surface area contributed by atoms with Crippen LogP contribution in [0.25, 0.3) is 10.2 Å². The summed E-state index contributed by atoms with van der Waals surface area (Å²) in [7, 11) is -3.61. The molecule has 3 aromatic rings. The minimum Gasteiger partial charge on any atom is -0.268 e. The van der Waals surface area contributed by atoms with E-state index in [4.69, 9.17) is 0 Å². The van der Waals surface area contributed by atoms with Crippen molar-refractivity contribution in [3.05, 3.63) is 51.4 Å². The van der Waals surface area contributed by atoms with E-state index in [9.17, 15) is 13.2 Å². The molecule has 0 spiro atoms. The van der Waals surface area contributed by atoms with Crippen LogP contribution >= 0.6 is 11.3 Å². The monoisotopic (exact) mass is 348 g/mol. The molecular weight excluding hydrogens is 336 g/mol. The number of aromatic amines is 1. The molecule has 1 N–H and O–H groups in total. The quantitative estimate of drug-likeness (QED) is 0.749. The molecule has 1 aliphatic rings. The van der Waals surface area contributed by atoms with E-state index in [1.807, 2.05) is 0 Å². The van der Waals surface area contributed by atoms with Gasteiger partial charge in [0.05, 0.1) is 26.8 Å². The Morgan fingerprint density at radius 3 is 3.04 bits per heavy atom. The maximum absolute atomic E-state index is 12.9. The predicted molar refractivity (Wildman–Crippen MR) is 85.8 cm³/mol. The topological polar surface area (TPSA) is 96.0 Å². The smallest absolute Gasteiger partial charge is 0.267 e. The van der Waals surface area contributed by atoms with Gasteiger partial charge in [-0.3, -0.25) is 4.79 Å². The van der Waals surface area contributed by atoms with E-state index < -0.39 is 10.0 Å². The van der Waals surface area contributed by atoms with Gasteiger partial charge in [0.15, 0.2) is 0 Å². The molecule has 0 saturated carbocycles. The minimum absolute atomic E-state index is 0.162. The first kappa shape index (κ1) is 14.5. The summed E-state index contributed by atoms with van der Waals surface area (Å²) in [5.41, 5.74) is 3.50. The van der Waals surface area contributed by atoms with Crippen molar-refractivity contribution in [3.8, 4) is 0 Å². The number of sulfonamides is 1. The van der Waals surface area contributed by atoms with Crippen molar-refractivity contribution < 1.29 is 8.42 Å². The lowest BCUT2D eigenvalue weighted by Crippen LogP contribution is -2.38. The van der Waals surface area contributed by atoms with Crippen LogP contribution in [0.3, 0.4) is 0 Å². The Kier molecular flexibility index (Phi) is 3.29. The normalized spacial score (nSPS) is 15.7. The lowest BCUT2D eigenvalue weighted by atomic mass is 10.1. The molecular formula is C14H12N4O3S2. The van der Waals surface area contributed by atoms with Gasteiger partial charge in [-0.05, 0) is 30.2 Å². The third-order valence-electron chi connectivity index (χ3n) is 3.95. The molecule has 0 saturated heterocycles. The molecule has 4 rings (SSSR count). The van der Waals surface area contributed by atoms with Crippen LogP contribution in [-0.4, -0.2) is 34.4 Å². The average Bonchev–Trinajstić information content (AvgIpc) is 3.02. The number of benzene rings is 1. The standard InChI is InChI=1S/C14H12N4O3S2/c19-14-11-3-4-18(7-9(11)6-16-17-14)23(20,21)10-1-2-12-13(5-10)22-8-15-12/h1-2,5-6,8H,3-4,7H2,(H,17,19). The molecule has 0 amide bonds. The summed E-state index contributed by atoms with van der Waals surface area (Å²) in [5, 5.41) is 6.14. The van der Waals surface area contributed by atoms with Crippen LogP contribution in [0.5, 0.6) is 0 Å². The van der Waals surface area contributed by atoms with Gasteiger partial charge in [-0.1, -0.05) is 0 Å². The van der Waals surface area contributed by atoms with Crippen LogP contribution in [0.4, 0.5) is 0 Å². The number of nitrogens with zero attached hydrogens (tertiary/aromatic N) is 3. The molecule has 0 unspecified atom stereocenters. The number of H-pyrrole nitrogens is 1. The van der Waals surface area contributed by atoms with Gasteiger partial charge in [0.25, 0.3) is 5.56 Å². The summed E-state index contributed by atoms with van der Waals surface area (Å²) in [4.78, 5) is 16.1. The molecule has 0 atom stereocenters. The SMILES string of the molecule is O=c1[nH]ncc2c1CCN(S(=O)(=O)c1ccc3ncsc3c1)C2. The van der Waals surface area contributed by atoms with Crippen molar-refractivity contribution in [2.24, 2.45) is 0 Å². The molecule has 1 aliphatic heterocycles. The van der Waals surface area contributed by atoms with Crippen molar-refractivity contribution in [1.82, 2.24) is 19.5 Å². The third-order valence-corrected chi connectivity index (χ3v) is 6.58. The Morgan fingerprint density at radius 2 is 2.17 bits per heavy atom. The van der Waals surface area contributed by atoms with Gasteiger partial charge in [-0.15, -0.1) is 11.3 Å². The Morgan fingerprint density at radius 1 is 1.30 bits per heavy atom. The number of rotatable bonds is 2. The first-order chi connectivity index (χ1) is 11.1. The van der Waals surface area contributed by atoms with Crippen LogP contribution in [0.2, 0.25) is 0 Å². The number of aromatic nitrogens is 3. The summed E-state index contributed by atoms with van der Waals surface area (Å²) in [5.74, 6) is 0. The van der Waals surface area contributed by atoms with E-state index >= 15 is 0 Å². The third kappa shape index (κ3) is 2.37. The van der Waals surface area contributed by atoms with Crippen LogP contribution in [0.15, 0.2) is 39.6 Å². The molecule has 9 heteroatoms. The molecule has 0 radical (unpaired) electrons. The van der Waals surface area contributed by atoms with Crippen molar-refractivity contribution in [3.63, 3.8) is 0 Å².